The highest BCUT2D eigenvalue weighted by Gasteiger charge is 2.39. The minimum Gasteiger partial charge on any atom is -0.339 e. The summed E-state index contributed by atoms with van der Waals surface area (Å²) >= 11 is 0. The van der Waals surface area contributed by atoms with Crippen LogP contribution in [0.4, 0.5) is 4.39 Å². The lowest BCUT2D eigenvalue weighted by atomic mass is 10.1. The van der Waals surface area contributed by atoms with Crippen LogP contribution in [-0.2, 0) is 9.59 Å². The lowest BCUT2D eigenvalue weighted by Gasteiger charge is -2.36. The zero-order chi connectivity index (χ0) is 22.0. The molecule has 2 aliphatic rings. The van der Waals surface area contributed by atoms with Crippen molar-refractivity contribution >= 4 is 17.7 Å². The van der Waals surface area contributed by atoms with Gasteiger partial charge in [-0.15, -0.1) is 0 Å². The Labute approximate surface area is 181 Å². The molecule has 0 bridgehead atoms. The highest BCUT2D eigenvalue weighted by molar-refractivity contribution is 5.94. The smallest absolute Gasteiger partial charge is 0.253 e. The van der Waals surface area contributed by atoms with E-state index in [1.165, 1.54) is 24.3 Å². The van der Waals surface area contributed by atoms with Crippen molar-refractivity contribution in [3.63, 3.8) is 0 Å². The average Bonchev–Trinajstić information content (AvgIpc) is 3.20. The second kappa shape index (κ2) is 8.88. The Kier molecular flexibility index (Phi) is 6.02. The molecule has 0 spiro atoms. The predicted octanol–water partition coefficient (Wildman–Crippen LogP) is 2.72. The maximum atomic E-state index is 13.1. The van der Waals surface area contributed by atoms with Crippen molar-refractivity contribution in [1.29, 1.82) is 0 Å². The minimum absolute atomic E-state index is 0.000161. The Hall–Kier alpha value is -3.22. The summed E-state index contributed by atoms with van der Waals surface area (Å²) in [7, 11) is 0. The molecule has 2 aliphatic heterocycles. The molecule has 0 aliphatic carbocycles. The van der Waals surface area contributed by atoms with Crippen LogP contribution in [0.5, 0.6) is 0 Å². The lowest BCUT2D eigenvalue weighted by molar-refractivity contribution is -0.137. The van der Waals surface area contributed by atoms with E-state index < -0.39 is 0 Å². The molecule has 3 amide bonds. The second-order valence-corrected chi connectivity index (χ2v) is 8.16. The van der Waals surface area contributed by atoms with Crippen LogP contribution in [0, 0.1) is 11.7 Å². The van der Waals surface area contributed by atoms with Gasteiger partial charge in [-0.2, -0.15) is 0 Å². The van der Waals surface area contributed by atoms with E-state index in [9.17, 15) is 18.8 Å². The van der Waals surface area contributed by atoms with Gasteiger partial charge < -0.3 is 14.7 Å². The van der Waals surface area contributed by atoms with Gasteiger partial charge in [0, 0.05) is 44.7 Å². The number of rotatable bonds is 4. The van der Waals surface area contributed by atoms with Gasteiger partial charge >= 0.3 is 0 Å². The van der Waals surface area contributed by atoms with Crippen molar-refractivity contribution in [1.82, 2.24) is 14.7 Å². The number of likely N-dealkylation sites (tertiary alicyclic amines) is 1. The molecule has 7 heteroatoms. The Bertz CT molecular complexity index is 956. The van der Waals surface area contributed by atoms with E-state index >= 15 is 0 Å². The van der Waals surface area contributed by atoms with Gasteiger partial charge in [-0.1, -0.05) is 30.3 Å². The molecule has 2 aromatic carbocycles. The van der Waals surface area contributed by atoms with E-state index in [1.54, 1.807) is 14.7 Å². The summed E-state index contributed by atoms with van der Waals surface area (Å²) in [6, 6.07) is 15.2. The maximum absolute atomic E-state index is 13.1. The molecule has 0 saturated carbocycles. The summed E-state index contributed by atoms with van der Waals surface area (Å²) in [5.74, 6) is -0.914. The van der Waals surface area contributed by atoms with Crippen molar-refractivity contribution in [2.75, 3.05) is 32.7 Å². The van der Waals surface area contributed by atoms with Gasteiger partial charge in [-0.25, -0.2) is 4.39 Å². The molecule has 0 radical (unpaired) electrons. The quantitative estimate of drug-likeness (QED) is 0.760. The number of halogens is 1. The van der Waals surface area contributed by atoms with E-state index in [1.807, 2.05) is 37.3 Å². The van der Waals surface area contributed by atoms with E-state index in [4.69, 9.17) is 0 Å². The van der Waals surface area contributed by atoms with Crippen LogP contribution >= 0.6 is 0 Å². The third kappa shape index (κ3) is 4.45. The maximum Gasteiger partial charge on any atom is 0.253 e. The number of amides is 3. The SMILES string of the molecule is CC(c1ccccc1)N1CC(C(=O)N2CCN(C(=O)c3ccc(F)cc3)CC2)CC1=O. The zero-order valence-corrected chi connectivity index (χ0v) is 17.5. The molecule has 0 aromatic heterocycles. The van der Waals surface area contributed by atoms with Gasteiger partial charge in [0.15, 0.2) is 0 Å². The molecule has 2 aromatic rings. The van der Waals surface area contributed by atoms with Crippen molar-refractivity contribution in [2.45, 2.75) is 19.4 Å². The third-order valence-corrected chi connectivity index (χ3v) is 6.23. The van der Waals surface area contributed by atoms with E-state index in [0.29, 0.717) is 38.3 Å². The van der Waals surface area contributed by atoms with Crippen LogP contribution in [0.1, 0.15) is 35.3 Å². The molecular weight excluding hydrogens is 397 g/mol. The largest absolute Gasteiger partial charge is 0.339 e. The van der Waals surface area contributed by atoms with Crippen LogP contribution in [0.25, 0.3) is 0 Å². The van der Waals surface area contributed by atoms with Gasteiger partial charge in [0.25, 0.3) is 5.91 Å². The number of carbonyl (C=O) groups is 3. The van der Waals surface area contributed by atoms with Gasteiger partial charge in [-0.3, -0.25) is 14.4 Å². The fourth-order valence-corrected chi connectivity index (χ4v) is 4.35. The Morgan fingerprint density at radius 2 is 1.55 bits per heavy atom. The predicted molar refractivity (Wildman–Crippen MR) is 114 cm³/mol. The number of piperazine rings is 1. The van der Waals surface area contributed by atoms with Crippen molar-refractivity contribution < 1.29 is 18.8 Å². The monoisotopic (exact) mass is 423 g/mol. The number of carbonyl (C=O) groups excluding carboxylic acids is 3. The third-order valence-electron chi connectivity index (χ3n) is 6.23. The van der Waals surface area contributed by atoms with E-state index in [0.717, 1.165) is 5.56 Å². The van der Waals surface area contributed by atoms with Crippen molar-refractivity contribution in [3.05, 3.63) is 71.5 Å². The molecule has 2 saturated heterocycles. The Morgan fingerprint density at radius 1 is 0.935 bits per heavy atom. The van der Waals surface area contributed by atoms with Crippen molar-refractivity contribution in [3.8, 4) is 0 Å². The fourth-order valence-electron chi connectivity index (χ4n) is 4.35. The van der Waals surface area contributed by atoms with E-state index in [2.05, 4.69) is 0 Å². The standard InChI is InChI=1S/C24H26FN3O3/c1-17(18-5-3-2-4-6-18)28-16-20(15-22(28)29)24(31)27-13-11-26(12-14-27)23(30)19-7-9-21(25)10-8-19/h2-10,17,20H,11-16H2,1H3. The van der Waals surface area contributed by atoms with Crippen molar-refractivity contribution in [2.24, 2.45) is 5.92 Å². The first kappa shape index (κ1) is 21.0. The zero-order valence-electron chi connectivity index (χ0n) is 17.5. The van der Waals surface area contributed by atoms with Gasteiger partial charge in [0.1, 0.15) is 5.82 Å². The minimum atomic E-state index is -0.381. The highest BCUT2D eigenvalue weighted by atomic mass is 19.1. The molecule has 6 nitrogen and oxygen atoms in total. The summed E-state index contributed by atoms with van der Waals surface area (Å²) in [5, 5.41) is 0. The van der Waals surface area contributed by atoms with Crippen LogP contribution < -0.4 is 0 Å². The Morgan fingerprint density at radius 3 is 2.19 bits per heavy atom. The normalized spacial score (nSPS) is 20.1. The van der Waals surface area contributed by atoms with Gasteiger partial charge in [-0.05, 0) is 36.8 Å². The first-order valence-electron chi connectivity index (χ1n) is 10.6. The van der Waals surface area contributed by atoms with Crippen LogP contribution in [0.2, 0.25) is 0 Å². The second-order valence-electron chi connectivity index (χ2n) is 8.16. The van der Waals surface area contributed by atoms with Gasteiger partial charge in [0.2, 0.25) is 11.8 Å². The number of benzene rings is 2. The average molecular weight is 423 g/mol. The number of hydrogen-bond donors (Lipinski definition) is 0. The van der Waals surface area contributed by atoms with E-state index in [-0.39, 0.29) is 41.9 Å². The molecule has 2 fully saturated rings. The summed E-state index contributed by atoms with van der Waals surface area (Å²) < 4.78 is 13.1. The fraction of sp³-hybridized carbons (Fsp3) is 0.375. The lowest BCUT2D eigenvalue weighted by Crippen LogP contribution is -2.52. The van der Waals surface area contributed by atoms with Crippen LogP contribution in [0.15, 0.2) is 54.6 Å². The van der Waals surface area contributed by atoms with Crippen LogP contribution in [-0.4, -0.2) is 65.1 Å². The molecule has 2 atom stereocenters. The molecule has 2 heterocycles. The summed E-state index contributed by atoms with van der Waals surface area (Å²) in [5.41, 5.74) is 1.49. The first-order chi connectivity index (χ1) is 14.9. The van der Waals surface area contributed by atoms with Gasteiger partial charge in [0.05, 0.1) is 12.0 Å². The Balaban J connectivity index is 1.33. The molecule has 162 valence electrons. The summed E-state index contributed by atoms with van der Waals surface area (Å²) in [6.45, 7) is 4.12. The molecular formula is C24H26FN3O3. The number of nitrogens with zero attached hydrogens (tertiary/aromatic N) is 3. The van der Waals surface area contributed by atoms with Crippen LogP contribution in [0.3, 0.4) is 0 Å². The molecule has 0 N–H and O–H groups in total. The first-order valence-corrected chi connectivity index (χ1v) is 10.6. The summed E-state index contributed by atoms with van der Waals surface area (Å²) in [4.78, 5) is 43.4. The molecule has 2 unspecified atom stereocenters. The summed E-state index contributed by atoms with van der Waals surface area (Å²) in [6.07, 6.45) is 0.227. The topological polar surface area (TPSA) is 60.9 Å². The molecule has 31 heavy (non-hydrogen) atoms. The highest BCUT2D eigenvalue weighted by Crippen LogP contribution is 2.29. The molecule has 4 rings (SSSR count). The number of hydrogen-bond acceptors (Lipinski definition) is 3.